The first-order valence-electron chi connectivity index (χ1n) is 4.93. The largest absolute Gasteiger partial charge is 0.497 e. The third-order valence-corrected chi connectivity index (χ3v) is 2.13. The molecular formula is C11H20Cl2N2O2. The summed E-state index contributed by atoms with van der Waals surface area (Å²) in [5.41, 5.74) is 6.50. The molecule has 1 rings (SSSR count). The molecule has 0 aliphatic rings. The number of benzene rings is 1. The van der Waals surface area contributed by atoms with Crippen molar-refractivity contribution in [1.82, 2.24) is 5.32 Å². The molecule has 0 spiro atoms. The molecule has 1 aromatic carbocycles. The SMILES string of the molecule is COc1ccc(CNCCN)c(OC)c1.Cl.Cl. The lowest BCUT2D eigenvalue weighted by atomic mass is 10.2. The Morgan fingerprint density at radius 1 is 1.18 bits per heavy atom. The topological polar surface area (TPSA) is 56.5 Å². The molecule has 0 fully saturated rings. The van der Waals surface area contributed by atoms with Crippen molar-refractivity contribution in [3.05, 3.63) is 23.8 Å². The second-order valence-electron chi connectivity index (χ2n) is 3.14. The van der Waals surface area contributed by atoms with Crippen molar-refractivity contribution >= 4 is 24.8 Å². The van der Waals surface area contributed by atoms with E-state index in [1.807, 2.05) is 18.2 Å². The van der Waals surface area contributed by atoms with Crippen LogP contribution in [0.1, 0.15) is 5.56 Å². The predicted molar refractivity (Wildman–Crippen MR) is 74.8 cm³/mol. The fourth-order valence-electron chi connectivity index (χ4n) is 1.32. The van der Waals surface area contributed by atoms with Crippen molar-refractivity contribution in [2.45, 2.75) is 6.54 Å². The van der Waals surface area contributed by atoms with Gasteiger partial charge in [-0.25, -0.2) is 0 Å². The zero-order valence-electron chi connectivity index (χ0n) is 10.1. The Morgan fingerprint density at radius 3 is 2.41 bits per heavy atom. The molecule has 0 bridgehead atoms. The first kappa shape index (κ1) is 18.7. The molecule has 4 nitrogen and oxygen atoms in total. The lowest BCUT2D eigenvalue weighted by Gasteiger charge is -2.10. The van der Waals surface area contributed by atoms with E-state index in [-0.39, 0.29) is 24.8 Å². The molecule has 0 atom stereocenters. The standard InChI is InChI=1S/C11H18N2O2.2ClH/c1-14-10-4-3-9(8-13-6-5-12)11(7-10)15-2;;/h3-4,7,13H,5-6,8,12H2,1-2H3;2*1H. The summed E-state index contributed by atoms with van der Waals surface area (Å²) in [7, 11) is 3.29. The number of rotatable bonds is 6. The van der Waals surface area contributed by atoms with E-state index in [1.165, 1.54) is 0 Å². The second kappa shape index (κ2) is 10.5. The van der Waals surface area contributed by atoms with Gasteiger partial charge in [0.15, 0.2) is 0 Å². The quantitative estimate of drug-likeness (QED) is 0.779. The maximum absolute atomic E-state index is 5.40. The van der Waals surface area contributed by atoms with E-state index in [2.05, 4.69) is 5.32 Å². The summed E-state index contributed by atoms with van der Waals surface area (Å²) in [6.07, 6.45) is 0. The zero-order chi connectivity index (χ0) is 11.1. The molecule has 0 saturated carbocycles. The molecule has 3 N–H and O–H groups in total. The normalized spacial score (nSPS) is 8.88. The van der Waals surface area contributed by atoms with Gasteiger partial charge in [-0.3, -0.25) is 0 Å². The van der Waals surface area contributed by atoms with Crippen molar-refractivity contribution in [3.63, 3.8) is 0 Å². The summed E-state index contributed by atoms with van der Waals surface area (Å²) < 4.78 is 10.4. The van der Waals surface area contributed by atoms with Crippen molar-refractivity contribution in [1.29, 1.82) is 0 Å². The van der Waals surface area contributed by atoms with Crippen LogP contribution in [0.5, 0.6) is 11.5 Å². The maximum atomic E-state index is 5.40. The molecular weight excluding hydrogens is 263 g/mol. The molecule has 0 unspecified atom stereocenters. The molecule has 6 heteroatoms. The number of hydrogen-bond donors (Lipinski definition) is 2. The summed E-state index contributed by atoms with van der Waals surface area (Å²) in [5, 5.41) is 3.22. The first-order chi connectivity index (χ1) is 7.31. The average molecular weight is 283 g/mol. The van der Waals surface area contributed by atoms with Gasteiger partial charge in [0, 0.05) is 31.3 Å². The van der Waals surface area contributed by atoms with E-state index in [9.17, 15) is 0 Å². The van der Waals surface area contributed by atoms with Gasteiger partial charge in [-0.1, -0.05) is 6.07 Å². The minimum atomic E-state index is 0. The molecule has 0 radical (unpaired) electrons. The highest BCUT2D eigenvalue weighted by Gasteiger charge is 2.03. The third kappa shape index (κ3) is 5.98. The first-order valence-corrected chi connectivity index (χ1v) is 4.93. The van der Waals surface area contributed by atoms with Crippen LogP contribution < -0.4 is 20.5 Å². The van der Waals surface area contributed by atoms with Crippen molar-refractivity contribution in [3.8, 4) is 11.5 Å². The van der Waals surface area contributed by atoms with Crippen molar-refractivity contribution in [2.24, 2.45) is 5.73 Å². The molecule has 0 aliphatic heterocycles. The molecule has 100 valence electrons. The third-order valence-electron chi connectivity index (χ3n) is 2.13. The van der Waals surface area contributed by atoms with Crippen LogP contribution in [-0.2, 0) is 6.54 Å². The van der Waals surface area contributed by atoms with Gasteiger partial charge in [0.2, 0.25) is 0 Å². The Bertz CT molecular complexity index is 312. The number of methoxy groups -OCH3 is 2. The van der Waals surface area contributed by atoms with Gasteiger partial charge >= 0.3 is 0 Å². The van der Waals surface area contributed by atoms with Crippen LogP contribution >= 0.6 is 24.8 Å². The summed E-state index contributed by atoms with van der Waals surface area (Å²) >= 11 is 0. The van der Waals surface area contributed by atoms with Crippen LogP contribution in [0.3, 0.4) is 0 Å². The minimum Gasteiger partial charge on any atom is -0.497 e. The van der Waals surface area contributed by atoms with Crippen LogP contribution in [0.4, 0.5) is 0 Å². The summed E-state index contributed by atoms with van der Waals surface area (Å²) in [4.78, 5) is 0. The molecule has 0 aromatic heterocycles. The molecule has 1 aromatic rings. The lowest BCUT2D eigenvalue weighted by molar-refractivity contribution is 0.390. The van der Waals surface area contributed by atoms with Gasteiger partial charge in [-0.15, -0.1) is 24.8 Å². The number of halogens is 2. The van der Waals surface area contributed by atoms with Gasteiger partial charge in [0.1, 0.15) is 11.5 Å². The lowest BCUT2D eigenvalue weighted by Crippen LogP contribution is -2.22. The molecule has 17 heavy (non-hydrogen) atoms. The van der Waals surface area contributed by atoms with Crippen LogP contribution in [0.2, 0.25) is 0 Å². The predicted octanol–water partition coefficient (Wildman–Crippen LogP) is 1.60. The van der Waals surface area contributed by atoms with Gasteiger partial charge in [-0.2, -0.15) is 0 Å². The van der Waals surface area contributed by atoms with Gasteiger partial charge in [0.05, 0.1) is 14.2 Å². The van der Waals surface area contributed by atoms with Crippen LogP contribution in [0, 0.1) is 0 Å². The van der Waals surface area contributed by atoms with E-state index < -0.39 is 0 Å². The Labute approximate surface area is 115 Å². The van der Waals surface area contributed by atoms with Crippen molar-refractivity contribution < 1.29 is 9.47 Å². The summed E-state index contributed by atoms with van der Waals surface area (Å²) in [6.45, 7) is 2.19. The highest BCUT2D eigenvalue weighted by molar-refractivity contribution is 5.85. The number of ether oxygens (including phenoxy) is 2. The summed E-state index contributed by atoms with van der Waals surface area (Å²) in [6, 6.07) is 5.78. The monoisotopic (exact) mass is 282 g/mol. The smallest absolute Gasteiger partial charge is 0.127 e. The maximum Gasteiger partial charge on any atom is 0.127 e. The van der Waals surface area contributed by atoms with Gasteiger partial charge in [0.25, 0.3) is 0 Å². The highest BCUT2D eigenvalue weighted by atomic mass is 35.5. The molecule has 0 heterocycles. The number of hydrogen-bond acceptors (Lipinski definition) is 4. The van der Waals surface area contributed by atoms with E-state index in [4.69, 9.17) is 15.2 Å². The average Bonchev–Trinajstić information content (AvgIpc) is 2.29. The number of nitrogens with two attached hydrogens (primary N) is 1. The van der Waals surface area contributed by atoms with Crippen LogP contribution in [-0.4, -0.2) is 27.3 Å². The minimum absolute atomic E-state index is 0. The van der Waals surface area contributed by atoms with Crippen molar-refractivity contribution in [2.75, 3.05) is 27.3 Å². The summed E-state index contributed by atoms with van der Waals surface area (Å²) in [5.74, 6) is 1.63. The second-order valence-corrected chi connectivity index (χ2v) is 3.14. The Kier molecular flexibility index (Phi) is 11.5. The molecule has 0 aliphatic carbocycles. The van der Waals surface area contributed by atoms with E-state index in [0.29, 0.717) is 6.54 Å². The van der Waals surface area contributed by atoms with Gasteiger partial charge in [-0.05, 0) is 6.07 Å². The van der Waals surface area contributed by atoms with E-state index in [1.54, 1.807) is 14.2 Å². The Balaban J connectivity index is 0. The van der Waals surface area contributed by atoms with Crippen LogP contribution in [0.15, 0.2) is 18.2 Å². The number of nitrogens with one attached hydrogen (secondary N) is 1. The fourth-order valence-corrected chi connectivity index (χ4v) is 1.32. The van der Waals surface area contributed by atoms with E-state index in [0.717, 1.165) is 30.2 Å². The van der Waals surface area contributed by atoms with E-state index >= 15 is 0 Å². The zero-order valence-corrected chi connectivity index (χ0v) is 11.7. The fraction of sp³-hybridized carbons (Fsp3) is 0.455. The Hall–Kier alpha value is -0.680. The van der Waals surface area contributed by atoms with Crippen LogP contribution in [0.25, 0.3) is 0 Å². The Morgan fingerprint density at radius 2 is 1.88 bits per heavy atom. The molecule has 0 amide bonds. The highest BCUT2D eigenvalue weighted by Crippen LogP contribution is 2.24. The van der Waals surface area contributed by atoms with Gasteiger partial charge < -0.3 is 20.5 Å². The molecule has 0 saturated heterocycles.